The van der Waals surface area contributed by atoms with Crippen molar-refractivity contribution in [3.63, 3.8) is 0 Å². The van der Waals surface area contributed by atoms with Crippen LogP contribution in [0.25, 0.3) is 0 Å². The number of alkyl halides is 1. The fourth-order valence-electron chi connectivity index (χ4n) is 3.31. The van der Waals surface area contributed by atoms with Crippen LogP contribution in [0.2, 0.25) is 0 Å². The molecule has 1 aliphatic heterocycles. The number of rotatable bonds is 3. The van der Waals surface area contributed by atoms with E-state index in [0.29, 0.717) is 18.8 Å². The summed E-state index contributed by atoms with van der Waals surface area (Å²) in [5.41, 5.74) is 1.27. The minimum Gasteiger partial charge on any atom is -0.242 e. The van der Waals surface area contributed by atoms with Crippen molar-refractivity contribution >= 4 is 9.24 Å². The molecule has 4 rings (SSSR count). The van der Waals surface area contributed by atoms with Gasteiger partial charge in [0, 0.05) is 18.3 Å². The topological polar surface area (TPSA) is 30.7 Å². The first-order valence-corrected chi connectivity index (χ1v) is 8.10. The second kappa shape index (κ2) is 4.61. The van der Waals surface area contributed by atoms with Gasteiger partial charge < -0.3 is 0 Å². The van der Waals surface area contributed by atoms with E-state index in [1.165, 1.54) is 5.56 Å². The molecular formula is C16H19FN3P. The Kier molecular flexibility index (Phi) is 2.94. The van der Waals surface area contributed by atoms with Gasteiger partial charge in [-0.3, -0.25) is 0 Å². The van der Waals surface area contributed by atoms with Crippen LogP contribution in [0.4, 0.5) is 4.39 Å². The van der Waals surface area contributed by atoms with E-state index in [2.05, 4.69) is 55.2 Å². The Balaban J connectivity index is 1.62. The van der Waals surface area contributed by atoms with Crippen molar-refractivity contribution in [2.45, 2.75) is 43.6 Å². The average molecular weight is 303 g/mol. The van der Waals surface area contributed by atoms with E-state index < -0.39 is 5.41 Å². The van der Waals surface area contributed by atoms with Crippen molar-refractivity contribution in [2.24, 2.45) is 5.92 Å². The maximum Gasteiger partial charge on any atom is 0.151 e. The Hall–Kier alpha value is -1.28. The summed E-state index contributed by atoms with van der Waals surface area (Å²) in [6.45, 7) is 2.19. The zero-order valence-electron chi connectivity index (χ0n) is 12.0. The zero-order chi connectivity index (χ0) is 14.6. The molecule has 0 spiro atoms. The van der Waals surface area contributed by atoms with E-state index in [1.807, 2.05) is 6.07 Å². The first-order valence-electron chi connectivity index (χ1n) is 7.52. The first kappa shape index (κ1) is 13.4. The molecule has 21 heavy (non-hydrogen) atoms. The standard InChI is InChI=1S/C16H19FN3P/c1-10-7-13(11-5-3-2-4-6-11)20-15(10)18-14(19-20)8-12-9-16(12,17)21/h2-6,10,12-13H,7-9,21H2,1H3. The molecule has 1 saturated carbocycles. The van der Waals surface area contributed by atoms with Gasteiger partial charge in [0.25, 0.3) is 0 Å². The van der Waals surface area contributed by atoms with Crippen molar-refractivity contribution in [1.82, 2.24) is 14.8 Å². The van der Waals surface area contributed by atoms with Gasteiger partial charge in [0.15, 0.2) is 5.82 Å². The van der Waals surface area contributed by atoms with E-state index in [4.69, 9.17) is 0 Å². The Bertz CT molecular complexity index is 667. The summed E-state index contributed by atoms with van der Waals surface area (Å²) in [5, 5.41) is 3.59. The Morgan fingerprint density at radius 1 is 1.38 bits per heavy atom. The van der Waals surface area contributed by atoms with Gasteiger partial charge >= 0.3 is 0 Å². The fraction of sp³-hybridized carbons (Fsp3) is 0.500. The molecule has 3 nitrogen and oxygen atoms in total. The number of aromatic nitrogens is 3. The normalized spacial score (nSPS) is 34.0. The lowest BCUT2D eigenvalue weighted by Crippen LogP contribution is -2.08. The quantitative estimate of drug-likeness (QED) is 0.813. The molecule has 5 atom stereocenters. The molecule has 0 N–H and O–H groups in total. The minimum absolute atomic E-state index is 0.0658. The van der Waals surface area contributed by atoms with E-state index in [1.54, 1.807) is 0 Å². The molecule has 1 aliphatic carbocycles. The van der Waals surface area contributed by atoms with E-state index in [0.717, 1.165) is 18.1 Å². The lowest BCUT2D eigenvalue weighted by molar-refractivity contribution is 0.400. The smallest absolute Gasteiger partial charge is 0.151 e. The van der Waals surface area contributed by atoms with E-state index in [-0.39, 0.29) is 12.0 Å². The molecule has 2 aliphatic rings. The van der Waals surface area contributed by atoms with Crippen LogP contribution in [0.1, 0.15) is 48.9 Å². The molecular weight excluding hydrogens is 284 g/mol. The number of halogens is 1. The van der Waals surface area contributed by atoms with Crippen LogP contribution in [0.3, 0.4) is 0 Å². The number of hydrogen-bond acceptors (Lipinski definition) is 2. The minimum atomic E-state index is -1.08. The van der Waals surface area contributed by atoms with Gasteiger partial charge in [-0.25, -0.2) is 14.1 Å². The van der Waals surface area contributed by atoms with Crippen molar-refractivity contribution in [1.29, 1.82) is 0 Å². The van der Waals surface area contributed by atoms with Gasteiger partial charge in [0.05, 0.1) is 6.04 Å². The molecule has 110 valence electrons. The highest BCUT2D eigenvalue weighted by atomic mass is 31.0. The number of nitrogens with zero attached hydrogens (tertiary/aromatic N) is 3. The predicted molar refractivity (Wildman–Crippen MR) is 83.0 cm³/mol. The van der Waals surface area contributed by atoms with Gasteiger partial charge in [0.2, 0.25) is 0 Å². The second-order valence-corrected chi connectivity index (χ2v) is 7.39. The maximum absolute atomic E-state index is 13.7. The molecule has 1 aromatic carbocycles. The summed E-state index contributed by atoms with van der Waals surface area (Å²) in [7, 11) is 2.31. The zero-order valence-corrected chi connectivity index (χ0v) is 13.2. The van der Waals surface area contributed by atoms with E-state index in [9.17, 15) is 4.39 Å². The summed E-state index contributed by atoms with van der Waals surface area (Å²) in [5.74, 6) is 2.31. The van der Waals surface area contributed by atoms with Crippen molar-refractivity contribution in [3.8, 4) is 0 Å². The molecule has 0 saturated heterocycles. The monoisotopic (exact) mass is 303 g/mol. The van der Waals surface area contributed by atoms with Gasteiger partial charge in [-0.15, -0.1) is 0 Å². The third-order valence-electron chi connectivity index (χ3n) is 4.71. The second-order valence-electron chi connectivity index (χ2n) is 6.43. The number of fused-ring (bicyclic) bond motifs is 1. The molecule has 1 aromatic heterocycles. The highest BCUT2D eigenvalue weighted by Gasteiger charge is 2.51. The Morgan fingerprint density at radius 3 is 2.76 bits per heavy atom. The molecule has 5 heteroatoms. The van der Waals surface area contributed by atoms with Crippen LogP contribution in [-0.2, 0) is 6.42 Å². The van der Waals surface area contributed by atoms with Gasteiger partial charge in [-0.1, -0.05) is 46.5 Å². The van der Waals surface area contributed by atoms with Crippen LogP contribution in [0.15, 0.2) is 30.3 Å². The number of benzene rings is 1. The largest absolute Gasteiger partial charge is 0.242 e. The average Bonchev–Trinajstić information content (AvgIpc) is 2.80. The molecule has 0 amide bonds. The lowest BCUT2D eigenvalue weighted by atomic mass is 10.0. The highest BCUT2D eigenvalue weighted by molar-refractivity contribution is 7.19. The number of hydrogen-bond donors (Lipinski definition) is 0. The molecule has 5 unspecified atom stereocenters. The SMILES string of the molecule is CC1CC(c2ccccc2)n2nc(CC3CC3(F)P)nc21. The third kappa shape index (κ3) is 2.30. The van der Waals surface area contributed by atoms with Crippen LogP contribution >= 0.6 is 9.24 Å². The molecule has 0 bridgehead atoms. The molecule has 1 fully saturated rings. The maximum atomic E-state index is 13.7. The molecule has 0 radical (unpaired) electrons. The molecule has 2 aromatic rings. The van der Waals surface area contributed by atoms with Gasteiger partial charge in [-0.2, -0.15) is 5.10 Å². The van der Waals surface area contributed by atoms with E-state index >= 15 is 0 Å². The van der Waals surface area contributed by atoms with Gasteiger partial charge in [0.1, 0.15) is 11.2 Å². The Morgan fingerprint density at radius 2 is 2.10 bits per heavy atom. The highest BCUT2D eigenvalue weighted by Crippen LogP contribution is 2.54. The Labute approximate surface area is 126 Å². The van der Waals surface area contributed by atoms with Crippen molar-refractivity contribution < 1.29 is 4.39 Å². The predicted octanol–water partition coefficient (Wildman–Crippen LogP) is 3.48. The summed E-state index contributed by atoms with van der Waals surface area (Å²) in [6, 6.07) is 10.7. The van der Waals surface area contributed by atoms with Crippen molar-refractivity contribution in [3.05, 3.63) is 47.5 Å². The summed E-state index contributed by atoms with van der Waals surface area (Å²) in [4.78, 5) is 4.67. The summed E-state index contributed by atoms with van der Waals surface area (Å²) in [6.07, 6.45) is 2.30. The van der Waals surface area contributed by atoms with Crippen molar-refractivity contribution in [2.75, 3.05) is 0 Å². The van der Waals surface area contributed by atoms with Crippen LogP contribution < -0.4 is 0 Å². The fourth-order valence-corrected chi connectivity index (χ4v) is 3.71. The van der Waals surface area contributed by atoms with Crippen LogP contribution in [-0.4, -0.2) is 20.2 Å². The first-order chi connectivity index (χ1) is 10.0. The lowest BCUT2D eigenvalue weighted by Gasteiger charge is -2.11. The van der Waals surface area contributed by atoms with Crippen LogP contribution in [0, 0.1) is 5.92 Å². The summed E-state index contributed by atoms with van der Waals surface area (Å²) >= 11 is 0. The van der Waals surface area contributed by atoms with Crippen LogP contribution in [0.5, 0.6) is 0 Å². The molecule has 2 heterocycles. The summed E-state index contributed by atoms with van der Waals surface area (Å²) < 4.78 is 15.7. The van der Waals surface area contributed by atoms with Gasteiger partial charge in [-0.05, 0) is 18.4 Å². The third-order valence-corrected chi connectivity index (χ3v) is 5.41.